The molecule has 0 saturated heterocycles. The predicted molar refractivity (Wildman–Crippen MR) is 99.1 cm³/mol. The number of hydrogen-bond acceptors (Lipinski definition) is 4. The second kappa shape index (κ2) is 8.26. The molecule has 0 aliphatic carbocycles. The highest BCUT2D eigenvalue weighted by Crippen LogP contribution is 2.20. The summed E-state index contributed by atoms with van der Waals surface area (Å²) >= 11 is 4.36. The first-order valence-corrected chi connectivity index (χ1v) is 9.21. The summed E-state index contributed by atoms with van der Waals surface area (Å²) in [5.41, 5.74) is 1.27. The van der Waals surface area contributed by atoms with Crippen LogP contribution in [-0.2, 0) is 11.2 Å². The molecule has 2 aromatic carbocycles. The molecule has 128 valence electrons. The van der Waals surface area contributed by atoms with E-state index in [2.05, 4.69) is 36.4 Å². The smallest absolute Gasteiger partial charge is 0.234 e. The molecule has 5 nitrogen and oxygen atoms in total. The Morgan fingerprint density at radius 1 is 1.24 bits per heavy atom. The lowest BCUT2D eigenvalue weighted by Crippen LogP contribution is -2.15. The van der Waals surface area contributed by atoms with E-state index < -0.39 is 5.82 Å². The van der Waals surface area contributed by atoms with Crippen LogP contribution in [0.2, 0.25) is 0 Å². The zero-order valence-corrected chi connectivity index (χ0v) is 15.4. The number of carbonyl (C=O) groups is 1. The molecule has 0 radical (unpaired) electrons. The molecule has 8 heteroatoms. The first kappa shape index (κ1) is 17.6. The Morgan fingerprint density at radius 2 is 2.04 bits per heavy atom. The summed E-state index contributed by atoms with van der Waals surface area (Å²) in [6.07, 6.45) is 0.644. The van der Waals surface area contributed by atoms with Crippen LogP contribution >= 0.6 is 27.7 Å². The lowest BCUT2D eigenvalue weighted by Gasteiger charge is -2.05. The Bertz CT molecular complexity index is 872. The van der Waals surface area contributed by atoms with Crippen molar-refractivity contribution in [3.05, 3.63) is 70.2 Å². The highest BCUT2D eigenvalue weighted by molar-refractivity contribution is 9.10. The Labute approximate surface area is 156 Å². The third-order valence-corrected chi connectivity index (χ3v) is 4.60. The predicted octanol–water partition coefficient (Wildman–Crippen LogP) is 4.03. The van der Waals surface area contributed by atoms with Crippen molar-refractivity contribution >= 4 is 39.3 Å². The maximum absolute atomic E-state index is 13.7. The molecule has 0 saturated carbocycles. The van der Waals surface area contributed by atoms with Crippen LogP contribution in [0.4, 0.5) is 10.1 Å². The van der Waals surface area contributed by atoms with Crippen LogP contribution < -0.4 is 5.32 Å². The summed E-state index contributed by atoms with van der Waals surface area (Å²) in [7, 11) is 0. The number of anilines is 1. The first-order chi connectivity index (χ1) is 12.1. The number of nitrogens with zero attached hydrogens (tertiary/aromatic N) is 2. The van der Waals surface area contributed by atoms with E-state index in [0.29, 0.717) is 16.0 Å². The van der Waals surface area contributed by atoms with Crippen LogP contribution in [-0.4, -0.2) is 26.8 Å². The number of hydrogen-bond donors (Lipinski definition) is 2. The molecule has 1 amide bonds. The van der Waals surface area contributed by atoms with Crippen LogP contribution in [0.25, 0.3) is 0 Å². The largest absolute Gasteiger partial charge is 0.323 e. The number of rotatable bonds is 6. The summed E-state index contributed by atoms with van der Waals surface area (Å²) in [5, 5.41) is 9.97. The molecular weight excluding hydrogens is 407 g/mol. The van der Waals surface area contributed by atoms with E-state index in [4.69, 9.17) is 0 Å². The zero-order chi connectivity index (χ0) is 17.6. The maximum atomic E-state index is 13.7. The highest BCUT2D eigenvalue weighted by atomic mass is 79.9. The zero-order valence-electron chi connectivity index (χ0n) is 13.0. The molecule has 2 N–H and O–H groups in total. The van der Waals surface area contributed by atoms with E-state index >= 15 is 0 Å². The minimum atomic E-state index is -0.490. The van der Waals surface area contributed by atoms with Crippen molar-refractivity contribution < 1.29 is 9.18 Å². The van der Waals surface area contributed by atoms with Crippen molar-refractivity contribution in [3.8, 4) is 0 Å². The Balaban J connectivity index is 1.52. The fourth-order valence-electron chi connectivity index (χ4n) is 2.12. The standard InChI is InChI=1S/C17H14BrFN4OS/c18-12-6-7-14(13(19)9-12)20-16(24)10-25-17-21-15(22-23-17)8-11-4-2-1-3-5-11/h1-7,9H,8,10H2,(H,20,24)(H,21,22,23). The van der Waals surface area contributed by atoms with Crippen LogP contribution in [0.5, 0.6) is 0 Å². The number of amides is 1. The molecule has 25 heavy (non-hydrogen) atoms. The van der Waals surface area contributed by atoms with Crippen LogP contribution in [0.1, 0.15) is 11.4 Å². The number of H-pyrrole nitrogens is 1. The molecule has 3 rings (SSSR count). The van der Waals surface area contributed by atoms with E-state index in [9.17, 15) is 9.18 Å². The lowest BCUT2D eigenvalue weighted by molar-refractivity contribution is -0.113. The van der Waals surface area contributed by atoms with Gasteiger partial charge in [0.05, 0.1) is 11.4 Å². The van der Waals surface area contributed by atoms with Gasteiger partial charge in [0, 0.05) is 10.9 Å². The van der Waals surface area contributed by atoms with Crippen LogP contribution in [0.15, 0.2) is 58.2 Å². The third kappa shape index (κ3) is 5.14. The minimum absolute atomic E-state index is 0.0954. The second-order valence-corrected chi connectivity index (χ2v) is 7.05. The molecule has 0 fully saturated rings. The summed E-state index contributed by atoms with van der Waals surface area (Å²) in [5.74, 6) is 0.0162. The number of nitrogens with one attached hydrogen (secondary N) is 2. The first-order valence-electron chi connectivity index (χ1n) is 7.43. The van der Waals surface area contributed by atoms with Crippen LogP contribution in [0, 0.1) is 5.82 Å². The molecule has 0 aliphatic rings. The number of aromatic nitrogens is 3. The van der Waals surface area contributed by atoms with Crippen molar-refractivity contribution in [2.75, 3.05) is 11.1 Å². The summed E-state index contributed by atoms with van der Waals surface area (Å²) in [6.45, 7) is 0. The van der Waals surface area contributed by atoms with E-state index in [1.807, 2.05) is 30.3 Å². The molecule has 0 bridgehead atoms. The number of benzene rings is 2. The van der Waals surface area contributed by atoms with Gasteiger partial charge in [0.1, 0.15) is 11.6 Å². The normalized spacial score (nSPS) is 10.6. The Morgan fingerprint density at radius 3 is 2.80 bits per heavy atom. The average molecular weight is 421 g/mol. The third-order valence-electron chi connectivity index (χ3n) is 3.26. The van der Waals surface area contributed by atoms with Gasteiger partial charge in [-0.3, -0.25) is 9.89 Å². The van der Waals surface area contributed by atoms with Crippen molar-refractivity contribution in [1.82, 2.24) is 15.2 Å². The van der Waals surface area contributed by atoms with E-state index in [1.165, 1.54) is 23.9 Å². The Hall–Kier alpha value is -2.19. The molecular formula is C17H14BrFN4OS. The van der Waals surface area contributed by atoms with Gasteiger partial charge in [0.25, 0.3) is 0 Å². The van der Waals surface area contributed by atoms with E-state index in [0.717, 1.165) is 11.4 Å². The van der Waals surface area contributed by atoms with Crippen molar-refractivity contribution in [2.24, 2.45) is 0 Å². The van der Waals surface area contributed by atoms with E-state index in [-0.39, 0.29) is 17.3 Å². The number of carbonyl (C=O) groups excluding carboxylic acids is 1. The number of thioether (sulfide) groups is 1. The molecule has 0 unspecified atom stereocenters. The van der Waals surface area contributed by atoms with Gasteiger partial charge in [-0.25, -0.2) is 9.37 Å². The van der Waals surface area contributed by atoms with Gasteiger partial charge in [-0.05, 0) is 23.8 Å². The summed E-state index contributed by atoms with van der Waals surface area (Å²) in [4.78, 5) is 16.3. The van der Waals surface area contributed by atoms with Gasteiger partial charge in [-0.1, -0.05) is 58.0 Å². The van der Waals surface area contributed by atoms with Crippen molar-refractivity contribution in [2.45, 2.75) is 11.6 Å². The van der Waals surface area contributed by atoms with Gasteiger partial charge in [-0.15, -0.1) is 5.10 Å². The van der Waals surface area contributed by atoms with Crippen LogP contribution in [0.3, 0.4) is 0 Å². The molecule has 0 spiro atoms. The highest BCUT2D eigenvalue weighted by Gasteiger charge is 2.10. The van der Waals surface area contributed by atoms with Gasteiger partial charge >= 0.3 is 0 Å². The molecule has 0 aliphatic heterocycles. The molecule has 3 aromatic rings. The van der Waals surface area contributed by atoms with Crippen molar-refractivity contribution in [3.63, 3.8) is 0 Å². The lowest BCUT2D eigenvalue weighted by atomic mass is 10.1. The van der Waals surface area contributed by atoms with Gasteiger partial charge < -0.3 is 5.32 Å². The number of aromatic amines is 1. The minimum Gasteiger partial charge on any atom is -0.323 e. The average Bonchev–Trinajstić information content (AvgIpc) is 3.04. The topological polar surface area (TPSA) is 70.7 Å². The fraction of sp³-hybridized carbons (Fsp3) is 0.118. The SMILES string of the molecule is O=C(CSc1n[nH]c(Cc2ccccc2)n1)Nc1ccc(Br)cc1F. The summed E-state index contributed by atoms with van der Waals surface area (Å²) in [6, 6.07) is 14.4. The molecule has 1 aromatic heterocycles. The van der Waals surface area contributed by atoms with E-state index in [1.54, 1.807) is 6.07 Å². The van der Waals surface area contributed by atoms with Gasteiger partial charge in [-0.2, -0.15) is 0 Å². The van der Waals surface area contributed by atoms with Gasteiger partial charge in [0.2, 0.25) is 11.1 Å². The fourth-order valence-corrected chi connectivity index (χ4v) is 3.07. The summed E-state index contributed by atoms with van der Waals surface area (Å²) < 4.78 is 14.3. The molecule has 1 heterocycles. The molecule has 0 atom stereocenters. The van der Waals surface area contributed by atoms with Crippen molar-refractivity contribution in [1.29, 1.82) is 0 Å². The second-order valence-electron chi connectivity index (χ2n) is 5.19. The van der Waals surface area contributed by atoms with Gasteiger partial charge in [0.15, 0.2) is 0 Å². The Kier molecular flexibility index (Phi) is 5.83. The monoisotopic (exact) mass is 420 g/mol. The maximum Gasteiger partial charge on any atom is 0.234 e. The quantitative estimate of drug-likeness (QED) is 0.590. The number of halogens is 2.